The number of anilines is 5. The van der Waals surface area contributed by atoms with Crippen LogP contribution in [0.5, 0.6) is 11.5 Å². The zero-order chi connectivity index (χ0) is 27.2. The maximum atomic E-state index is 14.2. The monoisotopic (exact) mass is 550 g/mol. The van der Waals surface area contributed by atoms with Gasteiger partial charge in [-0.05, 0) is 30.3 Å². The number of aromatic nitrogens is 3. The SMILES string of the molecule is Oc1cc(O)cc(Nc2cc(Cl)cc(Nc3ccc(CN=Nc4ncc(F)c(N5CCOCC5)n4)nc3)c2)c1. The lowest BCUT2D eigenvalue weighted by Crippen LogP contribution is -2.37. The lowest BCUT2D eigenvalue weighted by atomic mass is 10.2. The van der Waals surface area contributed by atoms with Crippen molar-refractivity contribution in [1.82, 2.24) is 15.0 Å². The number of phenols is 2. The average Bonchev–Trinajstić information content (AvgIpc) is 2.90. The van der Waals surface area contributed by atoms with Crippen LogP contribution in [0.2, 0.25) is 5.02 Å². The van der Waals surface area contributed by atoms with Gasteiger partial charge in [0, 0.05) is 53.4 Å². The number of nitrogens with one attached hydrogen (secondary N) is 2. The number of ether oxygens (including phenoxy) is 1. The molecule has 0 atom stereocenters. The van der Waals surface area contributed by atoms with E-state index in [1.165, 1.54) is 18.2 Å². The first-order chi connectivity index (χ1) is 18.9. The number of aromatic hydroxyl groups is 2. The largest absolute Gasteiger partial charge is 0.508 e. The summed E-state index contributed by atoms with van der Waals surface area (Å²) in [5.41, 5.74) is 3.24. The zero-order valence-corrected chi connectivity index (χ0v) is 21.3. The summed E-state index contributed by atoms with van der Waals surface area (Å²) in [6.45, 7) is 2.30. The molecule has 200 valence electrons. The fourth-order valence-electron chi connectivity index (χ4n) is 3.89. The summed E-state index contributed by atoms with van der Waals surface area (Å²) in [4.78, 5) is 14.3. The highest BCUT2D eigenvalue weighted by Gasteiger charge is 2.17. The summed E-state index contributed by atoms with van der Waals surface area (Å²) in [6, 6.07) is 13.1. The van der Waals surface area contributed by atoms with Crippen molar-refractivity contribution >= 4 is 46.1 Å². The Morgan fingerprint density at radius 1 is 0.897 bits per heavy atom. The Kier molecular flexibility index (Phi) is 7.94. The van der Waals surface area contributed by atoms with E-state index in [1.54, 1.807) is 29.3 Å². The number of nitrogens with zero attached hydrogens (tertiary/aromatic N) is 6. The van der Waals surface area contributed by atoms with Crippen molar-refractivity contribution in [2.24, 2.45) is 10.2 Å². The molecule has 5 rings (SSSR count). The summed E-state index contributed by atoms with van der Waals surface area (Å²) in [7, 11) is 0. The maximum Gasteiger partial charge on any atom is 0.270 e. The third-order valence-electron chi connectivity index (χ3n) is 5.62. The summed E-state index contributed by atoms with van der Waals surface area (Å²) >= 11 is 6.28. The Hall–Kier alpha value is -4.55. The quantitative estimate of drug-likeness (QED) is 0.204. The Labute approximate surface area is 228 Å². The number of rotatable bonds is 8. The first-order valence-electron chi connectivity index (χ1n) is 12.0. The van der Waals surface area contributed by atoms with Gasteiger partial charge < -0.3 is 30.5 Å². The minimum atomic E-state index is -0.512. The molecule has 1 fully saturated rings. The highest BCUT2D eigenvalue weighted by atomic mass is 35.5. The topological polar surface area (TPSA) is 140 Å². The van der Waals surface area contributed by atoms with Gasteiger partial charge in [-0.1, -0.05) is 11.6 Å². The summed E-state index contributed by atoms with van der Waals surface area (Å²) in [6.07, 6.45) is 2.74. The molecule has 2 aromatic carbocycles. The van der Waals surface area contributed by atoms with Crippen molar-refractivity contribution in [1.29, 1.82) is 0 Å². The van der Waals surface area contributed by atoms with Crippen molar-refractivity contribution in [2.75, 3.05) is 41.8 Å². The van der Waals surface area contributed by atoms with Crippen molar-refractivity contribution < 1.29 is 19.3 Å². The predicted octanol–water partition coefficient (Wildman–Crippen LogP) is 5.68. The number of phenolic OH excluding ortho intramolecular Hbond substituents is 2. The highest BCUT2D eigenvalue weighted by molar-refractivity contribution is 6.31. The molecule has 4 aromatic rings. The molecular formula is C26H24ClFN8O3. The second-order valence-electron chi connectivity index (χ2n) is 8.60. The molecule has 0 saturated carbocycles. The van der Waals surface area contributed by atoms with Crippen molar-refractivity contribution in [3.63, 3.8) is 0 Å². The van der Waals surface area contributed by atoms with Crippen LogP contribution < -0.4 is 15.5 Å². The third-order valence-corrected chi connectivity index (χ3v) is 5.84. The van der Waals surface area contributed by atoms with Gasteiger partial charge in [0.2, 0.25) is 0 Å². The van der Waals surface area contributed by atoms with E-state index in [4.69, 9.17) is 16.3 Å². The minimum absolute atomic E-state index is 0.0634. The van der Waals surface area contributed by atoms with Gasteiger partial charge >= 0.3 is 0 Å². The van der Waals surface area contributed by atoms with Gasteiger partial charge in [-0.2, -0.15) is 10.1 Å². The standard InChI is InChI=1S/C26H24ClFN8O3/c27-16-7-19(9-20(8-16)33-21-10-22(37)12-23(38)11-21)32-18-2-1-17(29-13-18)14-31-35-26-30-15-24(28)25(34-26)36-3-5-39-6-4-36/h1-2,7-13,15,32-33,37-38H,3-6,14H2. The van der Waals surface area contributed by atoms with Gasteiger partial charge in [0.05, 0.1) is 37.0 Å². The predicted molar refractivity (Wildman–Crippen MR) is 145 cm³/mol. The molecule has 4 N–H and O–H groups in total. The van der Waals surface area contributed by atoms with Crippen LogP contribution in [0.3, 0.4) is 0 Å². The number of hydrogen-bond donors (Lipinski definition) is 4. The van der Waals surface area contributed by atoms with Gasteiger partial charge in [-0.3, -0.25) is 4.98 Å². The molecule has 39 heavy (non-hydrogen) atoms. The number of benzene rings is 2. The van der Waals surface area contributed by atoms with E-state index < -0.39 is 5.82 Å². The van der Waals surface area contributed by atoms with E-state index in [0.717, 1.165) is 11.9 Å². The molecule has 11 nitrogen and oxygen atoms in total. The van der Waals surface area contributed by atoms with E-state index in [1.807, 2.05) is 12.1 Å². The second-order valence-corrected chi connectivity index (χ2v) is 9.03. The smallest absolute Gasteiger partial charge is 0.270 e. The average molecular weight is 551 g/mol. The van der Waals surface area contributed by atoms with E-state index in [9.17, 15) is 14.6 Å². The van der Waals surface area contributed by atoms with Crippen LogP contribution >= 0.6 is 11.6 Å². The molecule has 3 heterocycles. The molecule has 0 aliphatic carbocycles. The highest BCUT2D eigenvalue weighted by Crippen LogP contribution is 2.30. The lowest BCUT2D eigenvalue weighted by molar-refractivity contribution is 0.122. The van der Waals surface area contributed by atoms with E-state index in [2.05, 4.69) is 35.8 Å². The van der Waals surface area contributed by atoms with Crippen molar-refractivity contribution in [2.45, 2.75) is 6.54 Å². The molecule has 0 bridgehead atoms. The lowest BCUT2D eigenvalue weighted by Gasteiger charge is -2.27. The molecule has 0 spiro atoms. The molecule has 0 amide bonds. The van der Waals surface area contributed by atoms with Crippen LogP contribution in [0.1, 0.15) is 5.69 Å². The third kappa shape index (κ3) is 7.06. The van der Waals surface area contributed by atoms with Crippen LogP contribution in [-0.4, -0.2) is 51.5 Å². The van der Waals surface area contributed by atoms with Crippen LogP contribution in [0.15, 0.2) is 71.2 Å². The first-order valence-corrected chi connectivity index (χ1v) is 12.3. The summed E-state index contributed by atoms with van der Waals surface area (Å²) in [5, 5.41) is 34.3. The molecule has 1 saturated heterocycles. The fraction of sp³-hybridized carbons (Fsp3) is 0.192. The first kappa shape index (κ1) is 26.1. The molecular weight excluding hydrogens is 527 g/mol. The maximum absolute atomic E-state index is 14.2. The van der Waals surface area contributed by atoms with Crippen LogP contribution in [0, 0.1) is 5.82 Å². The summed E-state index contributed by atoms with van der Waals surface area (Å²) in [5.74, 6) is -0.377. The van der Waals surface area contributed by atoms with E-state index in [-0.39, 0.29) is 29.8 Å². The van der Waals surface area contributed by atoms with Crippen LogP contribution in [0.4, 0.5) is 38.9 Å². The normalized spacial score (nSPS) is 13.5. The number of azo groups is 1. The molecule has 0 unspecified atom stereocenters. The van der Waals surface area contributed by atoms with Crippen molar-refractivity contribution in [3.8, 4) is 11.5 Å². The molecule has 0 radical (unpaired) electrons. The van der Waals surface area contributed by atoms with Gasteiger partial charge in [0.25, 0.3) is 5.95 Å². The van der Waals surface area contributed by atoms with Gasteiger partial charge in [-0.15, -0.1) is 5.11 Å². The molecule has 1 aliphatic heterocycles. The number of halogens is 2. The van der Waals surface area contributed by atoms with Gasteiger partial charge in [0.15, 0.2) is 11.6 Å². The van der Waals surface area contributed by atoms with E-state index in [0.29, 0.717) is 54.1 Å². The summed E-state index contributed by atoms with van der Waals surface area (Å²) < 4.78 is 19.5. The second kappa shape index (κ2) is 11.9. The van der Waals surface area contributed by atoms with Crippen LogP contribution in [-0.2, 0) is 11.3 Å². The van der Waals surface area contributed by atoms with Crippen molar-refractivity contribution in [3.05, 3.63) is 77.5 Å². The zero-order valence-electron chi connectivity index (χ0n) is 20.6. The van der Waals surface area contributed by atoms with Crippen LogP contribution in [0.25, 0.3) is 0 Å². The number of morpholine rings is 1. The molecule has 13 heteroatoms. The number of hydrogen-bond acceptors (Lipinski definition) is 11. The van der Waals surface area contributed by atoms with Gasteiger partial charge in [0.1, 0.15) is 18.0 Å². The molecule has 2 aromatic heterocycles. The number of pyridine rings is 1. The Morgan fingerprint density at radius 2 is 1.59 bits per heavy atom. The van der Waals surface area contributed by atoms with Gasteiger partial charge in [-0.25, -0.2) is 9.37 Å². The molecule has 1 aliphatic rings. The Morgan fingerprint density at radius 3 is 2.28 bits per heavy atom. The fourth-order valence-corrected chi connectivity index (χ4v) is 4.13. The minimum Gasteiger partial charge on any atom is -0.508 e. The Bertz CT molecular complexity index is 1460. The Balaban J connectivity index is 1.21. The van der Waals surface area contributed by atoms with E-state index >= 15 is 0 Å².